The second-order valence-corrected chi connectivity index (χ2v) is 10.1. The molecule has 2 aromatic rings. The van der Waals surface area contributed by atoms with Crippen LogP contribution in [0.15, 0.2) is 48.5 Å². The molecule has 0 bridgehead atoms. The molecule has 4 rings (SSSR count). The summed E-state index contributed by atoms with van der Waals surface area (Å²) in [4.78, 5) is 0. The van der Waals surface area contributed by atoms with Gasteiger partial charge in [0.05, 0.1) is 0 Å². The summed E-state index contributed by atoms with van der Waals surface area (Å²) in [5, 5.41) is 2.70. The Morgan fingerprint density at radius 2 is 1.41 bits per heavy atom. The fourth-order valence-corrected chi connectivity index (χ4v) is 6.67. The average molecular weight is 419 g/mol. The molecule has 0 atom stereocenters. The maximum atomic E-state index is 2.39. The first-order chi connectivity index (χ1) is 12.8. The van der Waals surface area contributed by atoms with Gasteiger partial charge in [0.2, 0.25) is 0 Å². The van der Waals surface area contributed by atoms with Crippen molar-refractivity contribution in [1.29, 1.82) is 0 Å². The van der Waals surface area contributed by atoms with Gasteiger partial charge in [-0.1, -0.05) is 0 Å². The first-order valence-electron chi connectivity index (χ1n) is 9.41. The molecule has 0 amide bonds. The van der Waals surface area contributed by atoms with Crippen molar-refractivity contribution in [3.63, 3.8) is 0 Å². The van der Waals surface area contributed by atoms with E-state index in [2.05, 4.69) is 94.9 Å². The van der Waals surface area contributed by atoms with Crippen molar-refractivity contribution in [2.45, 2.75) is 27.7 Å². The van der Waals surface area contributed by atoms with Crippen LogP contribution in [0.1, 0.15) is 22.3 Å². The Hall–Kier alpha value is -2.15. The number of benzene rings is 3. The van der Waals surface area contributed by atoms with Crippen molar-refractivity contribution < 1.29 is 0 Å². The molecular weight excluding hydrogens is 393 g/mol. The van der Waals surface area contributed by atoms with Gasteiger partial charge in [0.25, 0.3) is 0 Å². The van der Waals surface area contributed by atoms with Crippen LogP contribution in [0, 0.1) is 27.7 Å². The fraction of sp³-hybridized carbons (Fsp3) is 0.240. The van der Waals surface area contributed by atoms with E-state index in [4.69, 9.17) is 0 Å². The number of nitrogens with zero attached hydrogens (tertiary/aromatic N) is 1. The zero-order valence-corrected chi connectivity index (χ0v) is 18.7. The summed E-state index contributed by atoms with van der Waals surface area (Å²) in [6.07, 6.45) is 0. The second-order valence-electron chi connectivity index (χ2n) is 7.83. The molecule has 1 aliphatic carbocycles. The first kappa shape index (κ1) is 18.2. The monoisotopic (exact) mass is 420 g/mol. The predicted molar refractivity (Wildman–Crippen MR) is 119 cm³/mol. The molecule has 0 saturated carbocycles. The van der Waals surface area contributed by atoms with Crippen molar-refractivity contribution in [3.8, 4) is 21.1 Å². The third kappa shape index (κ3) is 3.18. The summed E-state index contributed by atoms with van der Waals surface area (Å²) in [6.45, 7) is 8.89. The fourth-order valence-electron chi connectivity index (χ4n) is 4.11. The summed E-state index contributed by atoms with van der Waals surface area (Å²) in [5.74, 6) is 0. The Bertz CT molecular complexity index is 1200. The van der Waals surface area contributed by atoms with Gasteiger partial charge in [-0.3, -0.25) is 0 Å². The second kappa shape index (κ2) is 6.78. The van der Waals surface area contributed by atoms with Crippen LogP contribution in [-0.2, 0) is 0 Å². The van der Waals surface area contributed by atoms with Crippen LogP contribution in [0.5, 0.6) is 0 Å². The average Bonchev–Trinajstić information content (AvgIpc) is 2.59. The quantitative estimate of drug-likeness (QED) is 0.234. The molecule has 2 aliphatic rings. The molecule has 0 saturated heterocycles. The van der Waals surface area contributed by atoms with Crippen LogP contribution < -0.4 is 9.93 Å². The standard InChI is InChI=1S/C25H26NSe/c1-15-7-9-20-22(13-15)27-23-14-19(26(5)6)8-10-21(23)25(20)24-17(3)11-16(2)12-18(24)4/h7-14H,1-6H3/q+1. The summed E-state index contributed by atoms with van der Waals surface area (Å²) in [6, 6.07) is 18.6. The van der Waals surface area contributed by atoms with Crippen LogP contribution in [0.25, 0.3) is 30.8 Å². The van der Waals surface area contributed by atoms with E-state index in [0.29, 0.717) is 14.5 Å². The molecule has 0 aromatic heterocycles. The minimum atomic E-state index is 0.332. The van der Waals surface area contributed by atoms with Gasteiger partial charge >= 0.3 is 168 Å². The molecule has 1 nitrogen and oxygen atoms in total. The van der Waals surface area contributed by atoms with Crippen LogP contribution in [-0.4, -0.2) is 28.6 Å². The van der Waals surface area contributed by atoms with Crippen molar-refractivity contribution in [1.82, 2.24) is 4.58 Å². The summed E-state index contributed by atoms with van der Waals surface area (Å²) in [7, 11) is 4.24. The van der Waals surface area contributed by atoms with Gasteiger partial charge in [0, 0.05) is 0 Å². The van der Waals surface area contributed by atoms with E-state index in [9.17, 15) is 0 Å². The molecule has 136 valence electrons. The van der Waals surface area contributed by atoms with Gasteiger partial charge in [-0.15, -0.1) is 0 Å². The first-order valence-corrected chi connectivity index (χ1v) is 11.1. The van der Waals surface area contributed by atoms with Crippen LogP contribution in [0.3, 0.4) is 0 Å². The normalized spacial score (nSPS) is 11.3. The number of hydrogen-bond acceptors (Lipinski definition) is 0. The third-order valence-corrected chi connectivity index (χ3v) is 7.64. The van der Waals surface area contributed by atoms with E-state index in [1.807, 2.05) is 0 Å². The Labute approximate surface area is 167 Å². The van der Waals surface area contributed by atoms with Gasteiger partial charge in [0.1, 0.15) is 0 Å². The molecule has 1 aliphatic heterocycles. The Balaban J connectivity index is 2.23. The molecule has 0 unspecified atom stereocenters. The number of aryl methyl sites for hydroxylation is 4. The zero-order chi connectivity index (χ0) is 19.3. The van der Waals surface area contributed by atoms with Crippen molar-refractivity contribution in [2.75, 3.05) is 14.1 Å². The van der Waals surface area contributed by atoms with Crippen LogP contribution in [0.4, 0.5) is 0 Å². The SMILES string of the molecule is Cc1cc(C)c(-c2c3ccc(=[N+](C)C)cc-3[se]c3cc(C)ccc23)c(C)c1. The van der Waals surface area contributed by atoms with Crippen LogP contribution in [0.2, 0.25) is 0 Å². The molecule has 1 heterocycles. The maximum absolute atomic E-state index is 2.39. The van der Waals surface area contributed by atoms with Crippen molar-refractivity contribution >= 4 is 24.1 Å². The van der Waals surface area contributed by atoms with Gasteiger partial charge in [-0.25, -0.2) is 0 Å². The van der Waals surface area contributed by atoms with Gasteiger partial charge in [-0.05, 0) is 0 Å². The minimum absolute atomic E-state index is 0.332. The van der Waals surface area contributed by atoms with E-state index < -0.39 is 0 Å². The van der Waals surface area contributed by atoms with Gasteiger partial charge in [-0.2, -0.15) is 0 Å². The third-order valence-electron chi connectivity index (χ3n) is 5.30. The van der Waals surface area contributed by atoms with Crippen LogP contribution >= 0.6 is 0 Å². The molecule has 0 fully saturated rings. The van der Waals surface area contributed by atoms with E-state index in [1.165, 1.54) is 58.4 Å². The molecule has 2 heteroatoms. The van der Waals surface area contributed by atoms with Gasteiger partial charge < -0.3 is 0 Å². The number of fused-ring (bicyclic) bond motifs is 2. The predicted octanol–water partition coefficient (Wildman–Crippen LogP) is 4.93. The zero-order valence-electron chi connectivity index (χ0n) is 17.0. The van der Waals surface area contributed by atoms with E-state index in [1.54, 1.807) is 0 Å². The van der Waals surface area contributed by atoms with E-state index in [-0.39, 0.29) is 0 Å². The summed E-state index contributed by atoms with van der Waals surface area (Å²) < 4.78 is 5.19. The molecular formula is C25H26NSe+. The van der Waals surface area contributed by atoms with E-state index in [0.717, 1.165) is 0 Å². The van der Waals surface area contributed by atoms with Crippen molar-refractivity contribution in [2.24, 2.45) is 0 Å². The Morgan fingerprint density at radius 1 is 0.704 bits per heavy atom. The Morgan fingerprint density at radius 3 is 2.07 bits per heavy atom. The topological polar surface area (TPSA) is 3.01 Å². The number of rotatable bonds is 1. The number of hydrogen-bond donors (Lipinski definition) is 0. The summed E-state index contributed by atoms with van der Waals surface area (Å²) >= 11 is 0.332. The van der Waals surface area contributed by atoms with Gasteiger partial charge in [0.15, 0.2) is 0 Å². The molecule has 0 N–H and O–H groups in total. The van der Waals surface area contributed by atoms with E-state index >= 15 is 0 Å². The molecule has 0 radical (unpaired) electrons. The molecule has 2 aromatic carbocycles. The molecule has 27 heavy (non-hydrogen) atoms. The van der Waals surface area contributed by atoms with Crippen molar-refractivity contribution in [3.05, 3.63) is 76.1 Å². The Kier molecular flexibility index (Phi) is 4.58. The summed E-state index contributed by atoms with van der Waals surface area (Å²) in [5.41, 5.74) is 9.64. The molecule has 0 spiro atoms.